The highest BCUT2D eigenvalue weighted by molar-refractivity contribution is 8.00. The van der Waals surface area contributed by atoms with Gasteiger partial charge in [-0.15, -0.1) is 24.2 Å². The summed E-state index contributed by atoms with van der Waals surface area (Å²) in [6.45, 7) is 1.99. The van der Waals surface area contributed by atoms with Gasteiger partial charge in [0.2, 0.25) is 5.91 Å². The van der Waals surface area contributed by atoms with Gasteiger partial charge in [0.15, 0.2) is 0 Å². The number of nitrogens with one attached hydrogen (secondary N) is 1. The van der Waals surface area contributed by atoms with Gasteiger partial charge in [0, 0.05) is 28.5 Å². The van der Waals surface area contributed by atoms with E-state index in [1.54, 1.807) is 11.8 Å². The molecule has 2 saturated heterocycles. The Morgan fingerprint density at radius 1 is 1.24 bits per heavy atom. The van der Waals surface area contributed by atoms with Crippen molar-refractivity contribution in [1.82, 2.24) is 10.2 Å². The predicted octanol–water partition coefficient (Wildman–Crippen LogP) is 3.21. The summed E-state index contributed by atoms with van der Waals surface area (Å²) in [6, 6.07) is 8.54. The van der Waals surface area contributed by atoms with E-state index in [0.717, 1.165) is 35.8 Å². The van der Waals surface area contributed by atoms with Crippen LogP contribution in [0.25, 0.3) is 0 Å². The van der Waals surface area contributed by atoms with Crippen molar-refractivity contribution in [3.05, 3.63) is 29.3 Å². The summed E-state index contributed by atoms with van der Waals surface area (Å²) < 4.78 is 0. The minimum atomic E-state index is 0. The van der Waals surface area contributed by atoms with Crippen LogP contribution in [-0.4, -0.2) is 41.7 Å². The van der Waals surface area contributed by atoms with E-state index in [1.165, 1.54) is 6.42 Å². The Morgan fingerprint density at radius 2 is 1.95 bits per heavy atom. The maximum Gasteiger partial charge on any atom is 0.233 e. The Hall–Kier alpha value is -0.420. The Labute approximate surface area is 141 Å². The summed E-state index contributed by atoms with van der Waals surface area (Å²) in [5.41, 5.74) is 0. The lowest BCUT2D eigenvalue weighted by Gasteiger charge is -2.27. The summed E-state index contributed by atoms with van der Waals surface area (Å²) in [6.07, 6.45) is 3.41. The van der Waals surface area contributed by atoms with Crippen LogP contribution < -0.4 is 5.32 Å². The highest BCUT2D eigenvalue weighted by Gasteiger charge is 2.37. The highest BCUT2D eigenvalue weighted by atomic mass is 35.5. The molecule has 1 N–H and O–H groups in total. The zero-order chi connectivity index (χ0) is 13.9. The van der Waals surface area contributed by atoms with Crippen molar-refractivity contribution in [3.8, 4) is 0 Å². The third kappa shape index (κ3) is 4.07. The van der Waals surface area contributed by atoms with Crippen LogP contribution in [0.2, 0.25) is 5.02 Å². The maximum absolute atomic E-state index is 12.5. The standard InChI is InChI=1S/C15H19ClN2OS.ClH/c16-11-1-5-14(6-2-11)20-10-15(19)18-12-3-4-13(18)9-17-8-7-12;/h1-2,5-6,12-13,17H,3-4,7-10H2;1H. The number of halogens is 2. The fraction of sp³-hybridized carbons (Fsp3) is 0.533. The molecule has 1 aromatic carbocycles. The molecule has 1 amide bonds. The van der Waals surface area contributed by atoms with E-state index < -0.39 is 0 Å². The molecule has 21 heavy (non-hydrogen) atoms. The van der Waals surface area contributed by atoms with E-state index in [-0.39, 0.29) is 18.3 Å². The smallest absolute Gasteiger partial charge is 0.233 e. The van der Waals surface area contributed by atoms with Crippen LogP contribution in [0, 0.1) is 0 Å². The summed E-state index contributed by atoms with van der Waals surface area (Å²) in [4.78, 5) is 15.7. The lowest BCUT2D eigenvalue weighted by Crippen LogP contribution is -2.43. The van der Waals surface area contributed by atoms with E-state index in [1.807, 2.05) is 24.3 Å². The number of fused-ring (bicyclic) bond motifs is 2. The van der Waals surface area contributed by atoms with Gasteiger partial charge >= 0.3 is 0 Å². The molecule has 0 aromatic heterocycles. The Morgan fingerprint density at radius 3 is 2.71 bits per heavy atom. The first-order valence-corrected chi connectivity index (χ1v) is 8.50. The van der Waals surface area contributed by atoms with Crippen LogP contribution in [0.5, 0.6) is 0 Å². The summed E-state index contributed by atoms with van der Waals surface area (Å²) >= 11 is 7.47. The molecule has 116 valence electrons. The zero-order valence-corrected chi connectivity index (χ0v) is 14.1. The van der Waals surface area contributed by atoms with Crippen molar-refractivity contribution < 1.29 is 4.79 Å². The fourth-order valence-electron chi connectivity index (χ4n) is 3.14. The number of benzene rings is 1. The summed E-state index contributed by atoms with van der Waals surface area (Å²) in [5.74, 6) is 0.801. The van der Waals surface area contributed by atoms with Crippen molar-refractivity contribution in [3.63, 3.8) is 0 Å². The van der Waals surface area contributed by atoms with E-state index in [9.17, 15) is 4.79 Å². The molecule has 0 aliphatic carbocycles. The van der Waals surface area contributed by atoms with Crippen molar-refractivity contribution in [2.24, 2.45) is 0 Å². The number of amides is 1. The lowest BCUT2D eigenvalue weighted by molar-refractivity contribution is -0.130. The second-order valence-corrected chi connectivity index (χ2v) is 6.91. The molecule has 2 fully saturated rings. The largest absolute Gasteiger partial charge is 0.335 e. The lowest BCUT2D eigenvalue weighted by atomic mass is 10.1. The first kappa shape index (κ1) is 16.9. The number of hydrogen-bond acceptors (Lipinski definition) is 3. The van der Waals surface area contributed by atoms with E-state index >= 15 is 0 Å². The van der Waals surface area contributed by atoms with Crippen molar-refractivity contribution in [2.75, 3.05) is 18.8 Å². The molecule has 0 spiro atoms. The maximum atomic E-state index is 12.5. The molecule has 2 unspecified atom stereocenters. The van der Waals surface area contributed by atoms with Gasteiger partial charge in [-0.1, -0.05) is 11.6 Å². The minimum Gasteiger partial charge on any atom is -0.335 e. The first-order valence-electron chi connectivity index (χ1n) is 7.14. The third-order valence-corrected chi connectivity index (χ3v) is 5.37. The van der Waals surface area contributed by atoms with E-state index in [4.69, 9.17) is 11.6 Å². The number of hydrogen-bond donors (Lipinski definition) is 1. The van der Waals surface area contributed by atoms with Gasteiger partial charge in [-0.05, 0) is 50.1 Å². The second kappa shape index (κ2) is 7.73. The molecule has 0 saturated carbocycles. The minimum absolute atomic E-state index is 0. The molecular weight excluding hydrogens is 327 g/mol. The molecule has 2 heterocycles. The second-order valence-electron chi connectivity index (χ2n) is 5.42. The van der Waals surface area contributed by atoms with Gasteiger partial charge in [0.25, 0.3) is 0 Å². The van der Waals surface area contributed by atoms with Gasteiger partial charge in [0.05, 0.1) is 5.75 Å². The molecule has 6 heteroatoms. The average Bonchev–Trinajstić information content (AvgIpc) is 2.71. The number of nitrogens with zero attached hydrogens (tertiary/aromatic N) is 1. The molecule has 3 nitrogen and oxygen atoms in total. The molecule has 2 bridgehead atoms. The SMILES string of the molecule is Cl.O=C(CSc1ccc(Cl)cc1)N1C2CCNCC1CC2. The van der Waals surface area contributed by atoms with Gasteiger partial charge in [-0.3, -0.25) is 4.79 Å². The van der Waals surface area contributed by atoms with Crippen molar-refractivity contribution in [1.29, 1.82) is 0 Å². The Bertz CT molecular complexity index is 469. The molecular formula is C15H20Cl2N2OS. The van der Waals surface area contributed by atoms with Gasteiger partial charge < -0.3 is 10.2 Å². The van der Waals surface area contributed by atoms with Crippen molar-refractivity contribution in [2.45, 2.75) is 36.2 Å². The van der Waals surface area contributed by atoms with Crippen LogP contribution >= 0.6 is 35.8 Å². The molecule has 2 aliphatic heterocycles. The van der Waals surface area contributed by atoms with Gasteiger partial charge in [0.1, 0.15) is 0 Å². The van der Waals surface area contributed by atoms with Crippen molar-refractivity contribution >= 4 is 41.7 Å². The normalized spacial score (nSPS) is 24.3. The molecule has 0 radical (unpaired) electrons. The van der Waals surface area contributed by atoms with Crippen LogP contribution in [0.4, 0.5) is 0 Å². The quantitative estimate of drug-likeness (QED) is 0.853. The number of thioether (sulfide) groups is 1. The highest BCUT2D eigenvalue weighted by Crippen LogP contribution is 2.29. The molecule has 2 atom stereocenters. The predicted molar refractivity (Wildman–Crippen MR) is 90.6 cm³/mol. The molecule has 2 aliphatic rings. The molecule has 3 rings (SSSR count). The molecule has 1 aromatic rings. The first-order chi connectivity index (χ1) is 9.74. The average molecular weight is 347 g/mol. The van der Waals surface area contributed by atoms with Crippen LogP contribution in [0.15, 0.2) is 29.2 Å². The van der Waals surface area contributed by atoms with Crippen LogP contribution in [-0.2, 0) is 4.79 Å². The van der Waals surface area contributed by atoms with Crippen LogP contribution in [0.3, 0.4) is 0 Å². The fourth-order valence-corrected chi connectivity index (χ4v) is 4.03. The van der Waals surface area contributed by atoms with Crippen LogP contribution in [0.1, 0.15) is 19.3 Å². The summed E-state index contributed by atoms with van der Waals surface area (Å²) in [5, 5.41) is 4.16. The number of rotatable bonds is 3. The number of carbonyl (C=O) groups excluding carboxylic acids is 1. The Balaban J connectivity index is 0.00000161. The third-order valence-electron chi connectivity index (χ3n) is 4.12. The Kier molecular flexibility index (Phi) is 6.23. The van der Waals surface area contributed by atoms with E-state index in [0.29, 0.717) is 17.8 Å². The summed E-state index contributed by atoms with van der Waals surface area (Å²) in [7, 11) is 0. The van der Waals surface area contributed by atoms with Gasteiger partial charge in [-0.2, -0.15) is 0 Å². The van der Waals surface area contributed by atoms with Gasteiger partial charge in [-0.25, -0.2) is 0 Å². The van der Waals surface area contributed by atoms with E-state index in [2.05, 4.69) is 10.2 Å². The monoisotopic (exact) mass is 346 g/mol. The number of carbonyl (C=O) groups is 1. The topological polar surface area (TPSA) is 32.3 Å². The zero-order valence-electron chi connectivity index (χ0n) is 11.8.